The van der Waals surface area contributed by atoms with Crippen LogP contribution in [0.5, 0.6) is 0 Å². The molecule has 6 heteroatoms. The van der Waals surface area contributed by atoms with Crippen LogP contribution in [-0.2, 0) is 4.79 Å². The van der Waals surface area contributed by atoms with E-state index < -0.39 is 31.5 Å². The molecule has 0 saturated heterocycles. The molecule has 0 aromatic carbocycles. The minimum Gasteiger partial charge on any atom is -0.394 e. The maximum atomic E-state index is 10.3. The molecule has 1 amide bonds. The summed E-state index contributed by atoms with van der Waals surface area (Å²) in [5.74, 6) is -0.815. The Morgan fingerprint density at radius 2 is 1.91 bits per heavy atom. The number of carbonyl (C=O) groups is 1. The van der Waals surface area contributed by atoms with Crippen LogP contribution in [-0.4, -0.2) is 51.9 Å². The summed E-state index contributed by atoms with van der Waals surface area (Å²) >= 11 is 0. The highest BCUT2D eigenvalue weighted by atomic mass is 16.4. The van der Waals surface area contributed by atoms with Crippen molar-refractivity contribution in [3.8, 4) is 0 Å². The molecule has 0 aliphatic carbocycles. The third-order valence-electron chi connectivity index (χ3n) is 1.00. The van der Waals surface area contributed by atoms with Gasteiger partial charge in [-0.15, -0.1) is 0 Å². The largest absolute Gasteiger partial charge is 0.394 e. The second-order valence-electron chi connectivity index (χ2n) is 1.92. The highest BCUT2D eigenvalue weighted by Gasteiger charge is 2.16. The molecular weight excluding hydrogens is 154 g/mol. The third kappa shape index (κ3) is 3.89. The van der Waals surface area contributed by atoms with Gasteiger partial charge in [0.1, 0.15) is 12.7 Å². The third-order valence-corrected chi connectivity index (χ3v) is 1.00. The van der Waals surface area contributed by atoms with Gasteiger partial charge in [-0.2, -0.15) is 0 Å². The average molecular weight is 165 g/mol. The summed E-state index contributed by atoms with van der Waals surface area (Å²) in [6.07, 6.45) is -2.97. The topological polar surface area (TPSA) is 110 Å². The van der Waals surface area contributed by atoms with Gasteiger partial charge in [-0.3, -0.25) is 4.79 Å². The summed E-state index contributed by atoms with van der Waals surface area (Å²) in [5.41, 5.74) is 0. The van der Waals surface area contributed by atoms with Crippen LogP contribution in [0.1, 0.15) is 0 Å². The Bertz CT molecular complexity index is 128. The van der Waals surface area contributed by atoms with Crippen LogP contribution in [0.2, 0.25) is 0 Å². The molecule has 0 aromatic heterocycles. The molecule has 11 heavy (non-hydrogen) atoms. The van der Waals surface area contributed by atoms with Crippen molar-refractivity contribution in [2.45, 2.75) is 12.3 Å². The lowest BCUT2D eigenvalue weighted by Crippen LogP contribution is -2.45. The Kier molecular flexibility index (Phi) is 4.71. The Labute approximate surface area is 63.1 Å². The smallest absolute Gasteiger partial charge is 0.247 e. The van der Waals surface area contributed by atoms with Gasteiger partial charge in [0, 0.05) is 0 Å². The molecule has 0 heterocycles. The van der Waals surface area contributed by atoms with E-state index in [4.69, 9.17) is 20.4 Å². The number of aliphatic hydroxyl groups is 4. The van der Waals surface area contributed by atoms with Gasteiger partial charge in [-0.25, -0.2) is 0 Å². The molecule has 0 aromatic rings. The minimum atomic E-state index is -1.54. The predicted octanol–water partition coefficient (Wildman–Crippen LogP) is -3.23. The van der Waals surface area contributed by atoms with Gasteiger partial charge in [0.25, 0.3) is 0 Å². The molecule has 0 aliphatic heterocycles. The molecule has 0 rings (SSSR count). The van der Waals surface area contributed by atoms with Crippen molar-refractivity contribution in [3.63, 3.8) is 0 Å². The predicted molar refractivity (Wildman–Crippen MR) is 34.3 cm³/mol. The number of hydrogen-bond acceptors (Lipinski definition) is 5. The molecule has 1 unspecified atom stereocenters. The number of hydrogen-bond donors (Lipinski definition) is 5. The Balaban J connectivity index is 3.67. The van der Waals surface area contributed by atoms with Crippen LogP contribution in [0, 0.1) is 0 Å². The van der Waals surface area contributed by atoms with Gasteiger partial charge in [0.2, 0.25) is 5.91 Å². The van der Waals surface area contributed by atoms with Crippen molar-refractivity contribution in [2.24, 2.45) is 0 Å². The van der Waals surface area contributed by atoms with Crippen LogP contribution < -0.4 is 5.32 Å². The molecule has 66 valence electrons. The lowest BCUT2D eigenvalue weighted by molar-refractivity contribution is -0.130. The van der Waals surface area contributed by atoms with Crippen LogP contribution in [0.3, 0.4) is 0 Å². The monoisotopic (exact) mass is 165 g/mol. The van der Waals surface area contributed by atoms with Gasteiger partial charge < -0.3 is 25.7 Å². The lowest BCUT2D eigenvalue weighted by atomic mass is 10.3. The van der Waals surface area contributed by atoms with Crippen molar-refractivity contribution in [1.82, 2.24) is 5.32 Å². The van der Waals surface area contributed by atoms with Crippen molar-refractivity contribution in [2.75, 3.05) is 13.2 Å². The van der Waals surface area contributed by atoms with Crippen LogP contribution in [0.4, 0.5) is 0 Å². The molecule has 0 bridgehead atoms. The maximum Gasteiger partial charge on any atom is 0.247 e. The molecule has 0 saturated carbocycles. The molecule has 5 N–H and O–H groups in total. The molecule has 0 radical (unpaired) electrons. The van der Waals surface area contributed by atoms with E-state index >= 15 is 0 Å². The van der Waals surface area contributed by atoms with Crippen LogP contribution in [0.15, 0.2) is 0 Å². The van der Waals surface area contributed by atoms with E-state index in [-0.39, 0.29) is 0 Å². The Morgan fingerprint density at radius 1 is 1.36 bits per heavy atom. The van der Waals surface area contributed by atoms with Crippen molar-refractivity contribution in [3.05, 3.63) is 0 Å². The summed E-state index contributed by atoms with van der Waals surface area (Å²) in [6, 6.07) is 0. The fourth-order valence-electron chi connectivity index (χ4n) is 0.407. The van der Waals surface area contributed by atoms with E-state index in [1.54, 1.807) is 0 Å². The van der Waals surface area contributed by atoms with Crippen LogP contribution in [0.25, 0.3) is 0 Å². The fourth-order valence-corrected chi connectivity index (χ4v) is 0.407. The van der Waals surface area contributed by atoms with Gasteiger partial charge in [0.15, 0.2) is 6.23 Å². The first kappa shape index (κ1) is 10.3. The van der Waals surface area contributed by atoms with Crippen molar-refractivity contribution >= 4 is 5.91 Å². The Morgan fingerprint density at radius 3 is 2.27 bits per heavy atom. The zero-order valence-corrected chi connectivity index (χ0v) is 5.77. The first-order valence-corrected chi connectivity index (χ1v) is 2.99. The summed E-state index contributed by atoms with van der Waals surface area (Å²) < 4.78 is 0. The number of rotatable bonds is 4. The van der Waals surface area contributed by atoms with E-state index in [9.17, 15) is 4.79 Å². The number of carbonyl (C=O) groups excluding carboxylic acids is 1. The van der Waals surface area contributed by atoms with E-state index in [0.29, 0.717) is 0 Å². The fraction of sp³-hybridized carbons (Fsp3) is 0.800. The summed E-state index contributed by atoms with van der Waals surface area (Å²) in [5, 5.41) is 35.7. The van der Waals surface area contributed by atoms with Crippen molar-refractivity contribution < 1.29 is 25.2 Å². The minimum absolute atomic E-state index is 0.660. The van der Waals surface area contributed by atoms with Gasteiger partial charge in [-0.05, 0) is 0 Å². The summed E-state index contributed by atoms with van der Waals surface area (Å²) in [7, 11) is 0. The molecule has 0 aliphatic rings. The van der Waals surface area contributed by atoms with E-state index in [2.05, 4.69) is 0 Å². The molecule has 0 spiro atoms. The van der Waals surface area contributed by atoms with Crippen molar-refractivity contribution in [1.29, 1.82) is 0 Å². The maximum absolute atomic E-state index is 10.3. The lowest BCUT2D eigenvalue weighted by Gasteiger charge is -2.15. The normalized spacial score (nSPS) is 15.6. The second kappa shape index (κ2) is 5.03. The highest BCUT2D eigenvalue weighted by molar-refractivity contribution is 5.77. The van der Waals surface area contributed by atoms with E-state index in [1.807, 2.05) is 5.32 Å². The average Bonchev–Trinajstić information content (AvgIpc) is 2.02. The molecule has 6 nitrogen and oxygen atoms in total. The zero-order valence-electron chi connectivity index (χ0n) is 5.77. The van der Waals surface area contributed by atoms with E-state index in [0.717, 1.165) is 0 Å². The zero-order chi connectivity index (χ0) is 8.85. The van der Waals surface area contributed by atoms with Gasteiger partial charge >= 0.3 is 0 Å². The first-order valence-electron chi connectivity index (χ1n) is 2.99. The number of aliphatic hydroxyl groups excluding tert-OH is 4. The number of amides is 1. The van der Waals surface area contributed by atoms with Gasteiger partial charge in [0.05, 0.1) is 6.61 Å². The van der Waals surface area contributed by atoms with Crippen LogP contribution >= 0.6 is 0 Å². The van der Waals surface area contributed by atoms with Gasteiger partial charge in [-0.1, -0.05) is 0 Å². The first-order chi connectivity index (χ1) is 5.11. The molecule has 2 atom stereocenters. The summed E-state index contributed by atoms with van der Waals surface area (Å²) in [4.78, 5) is 10.3. The quantitative estimate of drug-likeness (QED) is 0.281. The second-order valence-corrected chi connectivity index (χ2v) is 1.92. The summed E-state index contributed by atoms with van der Waals surface area (Å²) in [6.45, 7) is -1.43. The SMILES string of the molecule is O=C(CO)NC(O)[C@@H](O)CO. The molecular formula is C5H11NO5. The standard InChI is InChI=1S/C5H11NO5/c7-1-3(9)5(11)6-4(10)2-8/h3,5,7-9,11H,1-2H2,(H,6,10)/t3-,5?/m0/s1. The number of nitrogens with one attached hydrogen (secondary N) is 1. The molecule has 0 fully saturated rings. The highest BCUT2D eigenvalue weighted by Crippen LogP contribution is 1.86. The van der Waals surface area contributed by atoms with E-state index in [1.165, 1.54) is 0 Å². The Hall–Kier alpha value is -0.690.